The second kappa shape index (κ2) is 8.39. The lowest BCUT2D eigenvalue weighted by molar-refractivity contribution is -0.156. The van der Waals surface area contributed by atoms with E-state index in [2.05, 4.69) is 10.1 Å². The zero-order chi connectivity index (χ0) is 20.1. The summed E-state index contributed by atoms with van der Waals surface area (Å²) in [4.78, 5) is 34.7. The van der Waals surface area contributed by atoms with Gasteiger partial charge in [-0.1, -0.05) is 30.3 Å². The summed E-state index contributed by atoms with van der Waals surface area (Å²) in [5, 5.41) is 12.6. The predicted octanol–water partition coefficient (Wildman–Crippen LogP) is 3.09. The highest BCUT2D eigenvalue weighted by Gasteiger charge is 2.26. The quantitative estimate of drug-likeness (QED) is 0.481. The van der Waals surface area contributed by atoms with Gasteiger partial charge >= 0.3 is 11.9 Å². The molecule has 7 nitrogen and oxygen atoms in total. The number of carbonyl (C=O) groups is 3. The van der Waals surface area contributed by atoms with E-state index in [0.29, 0.717) is 11.3 Å². The van der Waals surface area contributed by atoms with E-state index in [1.54, 1.807) is 24.3 Å². The lowest BCUT2D eigenvalue weighted by atomic mass is 10.1. The first-order valence-electron chi connectivity index (χ1n) is 8.67. The van der Waals surface area contributed by atoms with E-state index in [1.807, 2.05) is 30.3 Å². The van der Waals surface area contributed by atoms with Gasteiger partial charge in [-0.15, -0.1) is 0 Å². The maximum atomic E-state index is 12.2. The number of aliphatic carboxylic acids is 1. The number of esters is 1. The first-order valence-corrected chi connectivity index (χ1v) is 8.67. The molecule has 0 unspecified atom stereocenters. The van der Waals surface area contributed by atoms with Crippen LogP contribution in [-0.2, 0) is 14.3 Å². The zero-order valence-corrected chi connectivity index (χ0v) is 15.2. The third kappa shape index (κ3) is 4.20. The molecule has 0 radical (unpaired) electrons. The fraction of sp³-hybridized carbons (Fsp3) is 0.190. The molecule has 1 atom stereocenters. The number of methoxy groups -OCH3 is 1. The van der Waals surface area contributed by atoms with E-state index >= 15 is 0 Å². The maximum absolute atomic E-state index is 12.2. The largest absolute Gasteiger partial charge is 0.481 e. The molecule has 1 heterocycles. The van der Waals surface area contributed by atoms with Crippen LogP contribution in [-0.4, -0.2) is 36.6 Å². The number of ether oxygens (including phenoxy) is 1. The van der Waals surface area contributed by atoms with Crippen LogP contribution in [0.1, 0.15) is 16.8 Å². The van der Waals surface area contributed by atoms with Crippen LogP contribution in [0.3, 0.4) is 0 Å². The Morgan fingerprint density at radius 1 is 1.11 bits per heavy atom. The molecule has 0 aliphatic carbocycles. The van der Waals surface area contributed by atoms with Crippen molar-refractivity contribution in [1.29, 1.82) is 0 Å². The average molecular weight is 381 g/mol. The van der Waals surface area contributed by atoms with Crippen molar-refractivity contribution in [2.75, 3.05) is 13.7 Å². The summed E-state index contributed by atoms with van der Waals surface area (Å²) < 4.78 is 10.3. The molecule has 3 rings (SSSR count). The van der Waals surface area contributed by atoms with Crippen LogP contribution in [0.4, 0.5) is 0 Å². The topological polar surface area (TPSA) is 106 Å². The van der Waals surface area contributed by atoms with Gasteiger partial charge in [-0.2, -0.15) is 0 Å². The number of fused-ring (bicyclic) bond motifs is 1. The van der Waals surface area contributed by atoms with Crippen molar-refractivity contribution < 1.29 is 28.6 Å². The van der Waals surface area contributed by atoms with Crippen LogP contribution in [0.5, 0.6) is 0 Å². The number of carbonyl (C=O) groups excluding carboxylic acids is 2. The fourth-order valence-corrected chi connectivity index (χ4v) is 2.83. The SMILES string of the molecule is COC(=O)[C@@H](CCNC(=O)c1ccc(-c2cc3ccccc3o2)cc1)C(=O)O. The highest BCUT2D eigenvalue weighted by molar-refractivity contribution is 5.95. The monoisotopic (exact) mass is 381 g/mol. The van der Waals surface area contributed by atoms with Crippen molar-refractivity contribution in [3.63, 3.8) is 0 Å². The predicted molar refractivity (Wildman–Crippen MR) is 102 cm³/mol. The minimum absolute atomic E-state index is 0.0379. The van der Waals surface area contributed by atoms with Crippen molar-refractivity contribution in [1.82, 2.24) is 5.32 Å². The van der Waals surface area contributed by atoms with Crippen LogP contribution >= 0.6 is 0 Å². The molecule has 1 amide bonds. The molecule has 0 spiro atoms. The summed E-state index contributed by atoms with van der Waals surface area (Å²) in [6.07, 6.45) is -0.0508. The minimum Gasteiger partial charge on any atom is -0.481 e. The molecule has 28 heavy (non-hydrogen) atoms. The lowest BCUT2D eigenvalue weighted by Gasteiger charge is -2.10. The molecule has 1 aromatic heterocycles. The van der Waals surface area contributed by atoms with Gasteiger partial charge in [0.2, 0.25) is 0 Å². The van der Waals surface area contributed by atoms with Gasteiger partial charge in [0.1, 0.15) is 11.3 Å². The third-order valence-corrected chi connectivity index (χ3v) is 4.36. The van der Waals surface area contributed by atoms with Crippen molar-refractivity contribution >= 4 is 28.8 Å². The molecule has 144 valence electrons. The van der Waals surface area contributed by atoms with E-state index in [-0.39, 0.29) is 18.9 Å². The van der Waals surface area contributed by atoms with Crippen molar-refractivity contribution in [2.45, 2.75) is 6.42 Å². The third-order valence-electron chi connectivity index (χ3n) is 4.36. The number of hydrogen-bond donors (Lipinski definition) is 2. The minimum atomic E-state index is -1.30. The zero-order valence-electron chi connectivity index (χ0n) is 15.2. The van der Waals surface area contributed by atoms with Gasteiger partial charge in [-0.05, 0) is 30.7 Å². The molecule has 0 saturated heterocycles. The van der Waals surface area contributed by atoms with E-state index in [0.717, 1.165) is 23.6 Å². The molecule has 0 aliphatic heterocycles. The number of carboxylic acid groups (broad SMARTS) is 1. The Hall–Kier alpha value is -3.61. The number of para-hydroxylation sites is 1. The second-order valence-corrected chi connectivity index (χ2v) is 6.18. The number of hydrogen-bond acceptors (Lipinski definition) is 5. The number of benzene rings is 2. The molecule has 2 aromatic carbocycles. The molecule has 7 heteroatoms. The summed E-state index contributed by atoms with van der Waals surface area (Å²) >= 11 is 0. The van der Waals surface area contributed by atoms with Gasteiger partial charge in [0, 0.05) is 23.1 Å². The summed E-state index contributed by atoms with van der Waals surface area (Å²) in [5.74, 6) is -3.07. The van der Waals surface area contributed by atoms with Crippen LogP contribution in [0.25, 0.3) is 22.3 Å². The van der Waals surface area contributed by atoms with Crippen LogP contribution < -0.4 is 5.32 Å². The van der Waals surface area contributed by atoms with Crippen LogP contribution in [0.15, 0.2) is 59.0 Å². The van der Waals surface area contributed by atoms with Crippen molar-refractivity contribution in [3.8, 4) is 11.3 Å². The lowest BCUT2D eigenvalue weighted by Crippen LogP contribution is -2.31. The first-order chi connectivity index (χ1) is 13.5. The molecule has 0 bridgehead atoms. The van der Waals surface area contributed by atoms with E-state index in [4.69, 9.17) is 9.52 Å². The average Bonchev–Trinajstić information content (AvgIpc) is 3.14. The maximum Gasteiger partial charge on any atom is 0.320 e. The van der Waals surface area contributed by atoms with Crippen molar-refractivity contribution in [3.05, 3.63) is 60.2 Å². The normalized spacial score (nSPS) is 11.8. The Labute approximate surface area is 160 Å². The molecule has 0 saturated carbocycles. The second-order valence-electron chi connectivity index (χ2n) is 6.18. The van der Waals surface area contributed by atoms with Gasteiger partial charge in [0.15, 0.2) is 5.92 Å². The standard InChI is InChI=1S/C21H19NO6/c1-27-21(26)16(20(24)25)10-11-22-19(23)14-8-6-13(7-9-14)18-12-15-4-2-3-5-17(15)28-18/h2-9,12,16H,10-11H2,1H3,(H,22,23)(H,24,25)/t16-/m0/s1. The molecular formula is C21H19NO6. The van der Waals surface area contributed by atoms with Gasteiger partial charge in [0.05, 0.1) is 7.11 Å². The fourth-order valence-electron chi connectivity index (χ4n) is 2.83. The Balaban J connectivity index is 1.62. The van der Waals surface area contributed by atoms with E-state index in [9.17, 15) is 14.4 Å². The Morgan fingerprint density at radius 2 is 1.82 bits per heavy atom. The van der Waals surface area contributed by atoms with E-state index < -0.39 is 17.9 Å². The van der Waals surface area contributed by atoms with Gasteiger partial charge in [0.25, 0.3) is 5.91 Å². The number of rotatable bonds is 7. The van der Waals surface area contributed by atoms with Crippen molar-refractivity contribution in [2.24, 2.45) is 5.92 Å². The molecular weight excluding hydrogens is 362 g/mol. The summed E-state index contributed by atoms with van der Waals surface area (Å²) in [5.41, 5.74) is 2.05. The van der Waals surface area contributed by atoms with Crippen LogP contribution in [0.2, 0.25) is 0 Å². The van der Waals surface area contributed by atoms with Crippen LogP contribution in [0, 0.1) is 5.92 Å². The number of carboxylic acids is 1. The highest BCUT2D eigenvalue weighted by atomic mass is 16.5. The molecule has 0 fully saturated rings. The number of amides is 1. The summed E-state index contributed by atoms with van der Waals surface area (Å²) in [6, 6.07) is 16.5. The summed E-state index contributed by atoms with van der Waals surface area (Å²) in [7, 11) is 1.13. The number of furan rings is 1. The Kier molecular flexibility index (Phi) is 5.74. The smallest absolute Gasteiger partial charge is 0.320 e. The van der Waals surface area contributed by atoms with E-state index in [1.165, 1.54) is 0 Å². The highest BCUT2D eigenvalue weighted by Crippen LogP contribution is 2.27. The Morgan fingerprint density at radius 3 is 2.46 bits per heavy atom. The first kappa shape index (κ1) is 19.2. The molecule has 3 aromatic rings. The van der Waals surface area contributed by atoms with Gasteiger partial charge in [-0.25, -0.2) is 0 Å². The van der Waals surface area contributed by atoms with Gasteiger partial charge < -0.3 is 19.6 Å². The Bertz CT molecular complexity index is 972. The summed E-state index contributed by atoms with van der Waals surface area (Å²) in [6.45, 7) is 0.0379. The molecule has 2 N–H and O–H groups in total. The van der Waals surface area contributed by atoms with Gasteiger partial charge in [-0.3, -0.25) is 14.4 Å². The number of nitrogens with one attached hydrogen (secondary N) is 1. The molecule has 0 aliphatic rings.